The van der Waals surface area contributed by atoms with Crippen LogP contribution in [0.3, 0.4) is 0 Å². The summed E-state index contributed by atoms with van der Waals surface area (Å²) in [4.78, 5) is 13.6. The highest BCUT2D eigenvalue weighted by Gasteiger charge is 2.15. The first-order chi connectivity index (χ1) is 9.43. The molecule has 0 amide bonds. The predicted molar refractivity (Wildman–Crippen MR) is 80.3 cm³/mol. The van der Waals surface area contributed by atoms with Gasteiger partial charge in [0.05, 0.1) is 0 Å². The lowest BCUT2D eigenvalue weighted by molar-refractivity contribution is 0.384. The van der Waals surface area contributed by atoms with Gasteiger partial charge in [0.25, 0.3) is 0 Å². The summed E-state index contributed by atoms with van der Waals surface area (Å²) < 4.78 is 5.29. The number of rotatable bonds is 4. The Morgan fingerprint density at radius 3 is 2.55 bits per heavy atom. The molecule has 0 spiro atoms. The van der Waals surface area contributed by atoms with Crippen LogP contribution < -0.4 is 5.63 Å². The lowest BCUT2D eigenvalue weighted by Gasteiger charge is -2.15. The van der Waals surface area contributed by atoms with Crippen molar-refractivity contribution >= 4 is 11.0 Å². The van der Waals surface area contributed by atoms with Crippen LogP contribution in [0.4, 0.5) is 0 Å². The summed E-state index contributed by atoms with van der Waals surface area (Å²) in [5.41, 5.74) is 2.62. The Hall–Kier alpha value is -1.81. The van der Waals surface area contributed by atoms with Gasteiger partial charge in [0, 0.05) is 29.1 Å². The summed E-state index contributed by atoms with van der Waals surface area (Å²) in [6.45, 7) is 4.51. The third-order valence-electron chi connectivity index (χ3n) is 3.41. The van der Waals surface area contributed by atoms with Crippen molar-refractivity contribution < 1.29 is 9.52 Å². The molecule has 0 aliphatic carbocycles. The Morgan fingerprint density at radius 2 is 1.95 bits per heavy atom. The van der Waals surface area contributed by atoms with E-state index in [1.807, 2.05) is 25.1 Å². The number of fused-ring (bicyclic) bond motifs is 1. The number of benzene rings is 1. The Morgan fingerprint density at radius 1 is 1.25 bits per heavy atom. The first-order valence-corrected chi connectivity index (χ1v) is 6.87. The molecule has 0 saturated heterocycles. The van der Waals surface area contributed by atoms with Crippen molar-refractivity contribution in [1.82, 2.24) is 4.90 Å². The molecule has 0 saturated carbocycles. The van der Waals surface area contributed by atoms with Crippen molar-refractivity contribution in [3.63, 3.8) is 0 Å². The zero-order valence-electron chi connectivity index (χ0n) is 12.5. The number of phenolic OH excluding ortho intramolecular Hbond substituents is 1. The molecular weight excluding hydrogens is 254 g/mol. The zero-order valence-corrected chi connectivity index (χ0v) is 12.5. The fourth-order valence-electron chi connectivity index (χ4n) is 2.52. The van der Waals surface area contributed by atoms with Crippen molar-refractivity contribution in [1.29, 1.82) is 0 Å². The molecule has 2 rings (SSSR count). The summed E-state index contributed by atoms with van der Waals surface area (Å²) in [5, 5.41) is 11.2. The number of nitrogens with zero attached hydrogens (tertiary/aromatic N) is 1. The molecule has 0 atom stereocenters. The van der Waals surface area contributed by atoms with Gasteiger partial charge in [0.15, 0.2) is 0 Å². The van der Waals surface area contributed by atoms with Gasteiger partial charge in [-0.05, 0) is 39.1 Å². The van der Waals surface area contributed by atoms with Crippen LogP contribution in [-0.2, 0) is 13.0 Å². The predicted octanol–water partition coefficient (Wildman–Crippen LogP) is 2.82. The van der Waals surface area contributed by atoms with Crippen LogP contribution in [0.1, 0.15) is 30.0 Å². The van der Waals surface area contributed by atoms with Gasteiger partial charge in [-0.15, -0.1) is 0 Å². The number of aryl methyl sites for hydroxylation is 2. The number of phenols is 1. The minimum atomic E-state index is -0.358. The molecule has 1 heterocycles. The third kappa shape index (κ3) is 2.70. The van der Waals surface area contributed by atoms with E-state index < -0.39 is 0 Å². The highest BCUT2D eigenvalue weighted by atomic mass is 16.4. The minimum Gasteiger partial charge on any atom is -0.507 e. The van der Waals surface area contributed by atoms with Gasteiger partial charge >= 0.3 is 5.63 Å². The smallest absolute Gasteiger partial charge is 0.336 e. The molecule has 20 heavy (non-hydrogen) atoms. The molecule has 0 bridgehead atoms. The molecule has 2 aromatic rings. The van der Waals surface area contributed by atoms with Crippen molar-refractivity contribution in [3.05, 3.63) is 39.2 Å². The van der Waals surface area contributed by atoms with E-state index in [2.05, 4.69) is 6.92 Å². The largest absolute Gasteiger partial charge is 0.507 e. The van der Waals surface area contributed by atoms with E-state index in [0.29, 0.717) is 17.7 Å². The van der Waals surface area contributed by atoms with Gasteiger partial charge in [0.1, 0.15) is 11.3 Å². The molecule has 4 nitrogen and oxygen atoms in total. The van der Waals surface area contributed by atoms with Gasteiger partial charge in [-0.2, -0.15) is 0 Å². The summed E-state index contributed by atoms with van der Waals surface area (Å²) in [6.07, 6.45) is 1.79. The van der Waals surface area contributed by atoms with Crippen LogP contribution >= 0.6 is 0 Å². The van der Waals surface area contributed by atoms with Gasteiger partial charge in [-0.1, -0.05) is 13.3 Å². The summed E-state index contributed by atoms with van der Waals surface area (Å²) >= 11 is 0. The number of hydrogen-bond acceptors (Lipinski definition) is 4. The second kappa shape index (κ2) is 5.67. The first-order valence-electron chi connectivity index (χ1n) is 6.87. The molecule has 0 fully saturated rings. The topological polar surface area (TPSA) is 53.7 Å². The molecular formula is C16H21NO3. The Labute approximate surface area is 118 Å². The van der Waals surface area contributed by atoms with Crippen LogP contribution in [-0.4, -0.2) is 24.1 Å². The van der Waals surface area contributed by atoms with Gasteiger partial charge < -0.3 is 14.4 Å². The molecule has 1 aromatic heterocycles. The minimum absolute atomic E-state index is 0.211. The summed E-state index contributed by atoms with van der Waals surface area (Å²) in [7, 11) is 3.91. The Bertz CT molecular complexity index is 686. The van der Waals surface area contributed by atoms with E-state index in [9.17, 15) is 9.90 Å². The SMILES string of the molecule is CCCc1cc(=O)oc2c(C)c(O)c(CN(C)C)cc12. The molecule has 0 radical (unpaired) electrons. The van der Waals surface area contributed by atoms with Crippen LogP contribution in [0.5, 0.6) is 5.75 Å². The first kappa shape index (κ1) is 14.6. The normalized spacial score (nSPS) is 11.4. The zero-order chi connectivity index (χ0) is 14.9. The molecule has 1 N–H and O–H groups in total. The van der Waals surface area contributed by atoms with E-state index >= 15 is 0 Å². The summed E-state index contributed by atoms with van der Waals surface area (Å²) in [5.74, 6) is 0.211. The average molecular weight is 275 g/mol. The monoisotopic (exact) mass is 275 g/mol. The van der Waals surface area contributed by atoms with E-state index in [-0.39, 0.29) is 11.4 Å². The maximum Gasteiger partial charge on any atom is 0.336 e. The lowest BCUT2D eigenvalue weighted by Crippen LogP contribution is -2.11. The molecule has 108 valence electrons. The van der Waals surface area contributed by atoms with E-state index in [1.165, 1.54) is 0 Å². The second-order valence-electron chi connectivity index (χ2n) is 5.46. The average Bonchev–Trinajstić information content (AvgIpc) is 2.37. The maximum absolute atomic E-state index is 11.6. The van der Waals surface area contributed by atoms with Crippen LogP contribution in [0.15, 0.2) is 21.3 Å². The third-order valence-corrected chi connectivity index (χ3v) is 3.41. The van der Waals surface area contributed by atoms with Crippen LogP contribution in [0.25, 0.3) is 11.0 Å². The molecule has 0 aliphatic rings. The van der Waals surface area contributed by atoms with Crippen molar-refractivity contribution in [2.75, 3.05) is 14.1 Å². The van der Waals surface area contributed by atoms with Crippen molar-refractivity contribution in [2.45, 2.75) is 33.2 Å². The highest BCUT2D eigenvalue weighted by Crippen LogP contribution is 2.32. The summed E-state index contributed by atoms with van der Waals surface area (Å²) in [6, 6.07) is 3.49. The molecule has 0 aliphatic heterocycles. The van der Waals surface area contributed by atoms with Crippen molar-refractivity contribution in [3.8, 4) is 5.75 Å². The van der Waals surface area contributed by atoms with Crippen molar-refractivity contribution in [2.24, 2.45) is 0 Å². The van der Waals surface area contributed by atoms with Crippen LogP contribution in [0, 0.1) is 6.92 Å². The van der Waals surface area contributed by atoms with E-state index in [1.54, 1.807) is 13.0 Å². The highest BCUT2D eigenvalue weighted by molar-refractivity contribution is 5.86. The van der Waals surface area contributed by atoms with E-state index in [4.69, 9.17) is 4.42 Å². The fraction of sp³-hybridized carbons (Fsp3) is 0.438. The molecule has 1 aromatic carbocycles. The van der Waals surface area contributed by atoms with Gasteiger partial charge in [-0.25, -0.2) is 4.79 Å². The van der Waals surface area contributed by atoms with Gasteiger partial charge in [0.2, 0.25) is 0 Å². The van der Waals surface area contributed by atoms with E-state index in [0.717, 1.165) is 29.4 Å². The fourth-order valence-corrected chi connectivity index (χ4v) is 2.52. The maximum atomic E-state index is 11.6. The Balaban J connectivity index is 2.76. The molecule has 4 heteroatoms. The van der Waals surface area contributed by atoms with Gasteiger partial charge in [-0.3, -0.25) is 0 Å². The lowest BCUT2D eigenvalue weighted by atomic mass is 9.99. The second-order valence-corrected chi connectivity index (χ2v) is 5.46. The standard InChI is InChI=1S/C16H21NO3/c1-5-6-11-8-14(18)20-16-10(2)15(19)12(7-13(11)16)9-17(3)4/h7-8,19H,5-6,9H2,1-4H3. The Kier molecular flexibility index (Phi) is 4.14. The quantitative estimate of drug-likeness (QED) is 0.872. The molecule has 0 unspecified atom stereocenters. The van der Waals surface area contributed by atoms with Crippen LogP contribution in [0.2, 0.25) is 0 Å². The number of hydrogen-bond donors (Lipinski definition) is 1. The number of aromatic hydroxyl groups is 1.